The topological polar surface area (TPSA) is 51.6 Å². The van der Waals surface area contributed by atoms with Gasteiger partial charge in [0.1, 0.15) is 11.5 Å². The number of hydrogen-bond acceptors (Lipinski definition) is 6. The number of rotatable bonds is 3. The molecule has 18 heavy (non-hydrogen) atoms. The molecule has 0 unspecified atom stereocenters. The molecule has 7 heteroatoms. The molecule has 0 atom stereocenters. The summed E-state index contributed by atoms with van der Waals surface area (Å²) < 4.78 is 4.33. The first kappa shape index (κ1) is 11.7. The zero-order valence-electron chi connectivity index (χ0n) is 9.08. The molecule has 0 aliphatic carbocycles. The molecule has 90 valence electrons. The highest BCUT2D eigenvalue weighted by atomic mass is 35.5. The first-order chi connectivity index (χ1) is 8.81. The predicted molar refractivity (Wildman–Crippen MR) is 73.1 cm³/mol. The molecule has 0 aliphatic rings. The van der Waals surface area contributed by atoms with Crippen LogP contribution in [0.25, 0.3) is 10.7 Å². The summed E-state index contributed by atoms with van der Waals surface area (Å²) in [5.41, 5.74) is 0.703. The molecule has 0 N–H and O–H groups in total. The maximum absolute atomic E-state index is 5.69. The van der Waals surface area contributed by atoms with Crippen LogP contribution in [0.1, 0.15) is 10.7 Å². The molecule has 3 heterocycles. The smallest absolute Gasteiger partial charge is 0.164 e. The molecule has 0 amide bonds. The molecule has 0 saturated carbocycles. The summed E-state index contributed by atoms with van der Waals surface area (Å²) >= 11 is 8.73. The Labute approximate surface area is 116 Å². The third-order valence-electron chi connectivity index (χ3n) is 2.23. The maximum Gasteiger partial charge on any atom is 0.164 e. The van der Waals surface area contributed by atoms with Crippen LogP contribution in [-0.4, -0.2) is 19.6 Å². The van der Waals surface area contributed by atoms with Gasteiger partial charge < -0.3 is 0 Å². The lowest BCUT2D eigenvalue weighted by atomic mass is 10.3. The van der Waals surface area contributed by atoms with Crippen molar-refractivity contribution in [3.05, 3.63) is 45.5 Å². The standard InChI is InChI=1S/C11H7ClN4S2/c12-9-4-3-8(14-15-9)11-13-10(16-18-11)6-7-2-1-5-17-7/h1-5H,6H2. The van der Waals surface area contributed by atoms with Crippen LogP contribution >= 0.6 is 34.5 Å². The normalized spacial score (nSPS) is 10.7. The maximum atomic E-state index is 5.69. The Morgan fingerprint density at radius 1 is 1.17 bits per heavy atom. The third-order valence-corrected chi connectivity index (χ3v) is 4.09. The van der Waals surface area contributed by atoms with Gasteiger partial charge in [0.2, 0.25) is 0 Å². The number of nitrogens with zero attached hydrogens (tertiary/aromatic N) is 4. The number of hydrogen-bond donors (Lipinski definition) is 0. The van der Waals surface area contributed by atoms with E-state index >= 15 is 0 Å². The first-order valence-electron chi connectivity index (χ1n) is 5.16. The number of halogens is 1. The number of thiophene rings is 1. The van der Waals surface area contributed by atoms with Gasteiger partial charge >= 0.3 is 0 Å². The second kappa shape index (κ2) is 5.09. The van der Waals surface area contributed by atoms with E-state index in [0.717, 1.165) is 17.3 Å². The van der Waals surface area contributed by atoms with Crippen LogP contribution < -0.4 is 0 Å². The number of aromatic nitrogens is 4. The predicted octanol–water partition coefficient (Wildman–Crippen LogP) is 3.30. The van der Waals surface area contributed by atoms with Crippen molar-refractivity contribution in [2.75, 3.05) is 0 Å². The molecule has 3 aromatic heterocycles. The summed E-state index contributed by atoms with van der Waals surface area (Å²) in [6, 6.07) is 7.60. The summed E-state index contributed by atoms with van der Waals surface area (Å²) in [6.07, 6.45) is 0.759. The molecule has 0 fully saturated rings. The van der Waals surface area contributed by atoms with Gasteiger partial charge in [-0.2, -0.15) is 4.37 Å². The lowest BCUT2D eigenvalue weighted by molar-refractivity contribution is 1.02. The summed E-state index contributed by atoms with van der Waals surface area (Å²) in [4.78, 5) is 5.70. The summed E-state index contributed by atoms with van der Waals surface area (Å²) in [6.45, 7) is 0. The SMILES string of the molecule is Clc1ccc(-c2nc(Cc3cccs3)ns2)nn1. The Kier molecular flexibility index (Phi) is 3.31. The van der Waals surface area contributed by atoms with Crippen molar-refractivity contribution in [2.24, 2.45) is 0 Å². The average molecular weight is 295 g/mol. The Bertz CT molecular complexity index is 633. The van der Waals surface area contributed by atoms with E-state index < -0.39 is 0 Å². The summed E-state index contributed by atoms with van der Waals surface area (Å²) in [7, 11) is 0. The van der Waals surface area contributed by atoms with Crippen LogP contribution in [0.15, 0.2) is 29.6 Å². The van der Waals surface area contributed by atoms with Crippen molar-refractivity contribution in [2.45, 2.75) is 6.42 Å². The minimum absolute atomic E-state index is 0.377. The molecule has 0 bridgehead atoms. The Hall–Kier alpha value is -1.37. The molecule has 0 radical (unpaired) electrons. The van der Waals surface area contributed by atoms with Crippen molar-refractivity contribution in [1.82, 2.24) is 19.6 Å². The average Bonchev–Trinajstić information content (AvgIpc) is 3.02. The molecule has 0 aliphatic heterocycles. The lowest BCUT2D eigenvalue weighted by Crippen LogP contribution is -1.89. The van der Waals surface area contributed by atoms with Crippen molar-refractivity contribution < 1.29 is 0 Å². The van der Waals surface area contributed by atoms with Gasteiger partial charge in [0.25, 0.3) is 0 Å². The minimum Gasteiger partial charge on any atom is -0.217 e. The minimum atomic E-state index is 0.377. The van der Waals surface area contributed by atoms with Gasteiger partial charge in [-0.3, -0.25) is 0 Å². The molecular weight excluding hydrogens is 288 g/mol. The van der Waals surface area contributed by atoms with Gasteiger partial charge in [0, 0.05) is 11.3 Å². The Morgan fingerprint density at radius 3 is 2.83 bits per heavy atom. The van der Waals surface area contributed by atoms with E-state index in [1.807, 2.05) is 11.4 Å². The zero-order valence-corrected chi connectivity index (χ0v) is 11.5. The van der Waals surface area contributed by atoms with Crippen LogP contribution in [0.3, 0.4) is 0 Å². The fourth-order valence-corrected chi connectivity index (χ4v) is 2.88. The van der Waals surface area contributed by atoms with Crippen LogP contribution in [0, 0.1) is 0 Å². The van der Waals surface area contributed by atoms with E-state index in [9.17, 15) is 0 Å². The fourth-order valence-electron chi connectivity index (χ4n) is 1.43. The second-order valence-electron chi connectivity index (χ2n) is 3.51. The van der Waals surface area contributed by atoms with E-state index in [0.29, 0.717) is 10.8 Å². The van der Waals surface area contributed by atoms with Crippen molar-refractivity contribution in [3.8, 4) is 10.7 Å². The van der Waals surface area contributed by atoms with Gasteiger partial charge in [-0.25, -0.2) is 4.98 Å². The largest absolute Gasteiger partial charge is 0.217 e. The van der Waals surface area contributed by atoms with Gasteiger partial charge in [0.15, 0.2) is 10.2 Å². The van der Waals surface area contributed by atoms with Crippen LogP contribution in [0.2, 0.25) is 5.15 Å². The lowest BCUT2D eigenvalue weighted by Gasteiger charge is -1.92. The van der Waals surface area contributed by atoms with Crippen LogP contribution in [0.4, 0.5) is 0 Å². The summed E-state index contributed by atoms with van der Waals surface area (Å²) in [5, 5.41) is 11.0. The van der Waals surface area contributed by atoms with Crippen LogP contribution in [0.5, 0.6) is 0 Å². The van der Waals surface area contributed by atoms with E-state index in [-0.39, 0.29) is 0 Å². The quantitative estimate of drug-likeness (QED) is 0.744. The molecule has 0 spiro atoms. The van der Waals surface area contributed by atoms with Crippen LogP contribution in [-0.2, 0) is 6.42 Å². The van der Waals surface area contributed by atoms with Gasteiger partial charge in [-0.1, -0.05) is 17.7 Å². The van der Waals surface area contributed by atoms with Crippen molar-refractivity contribution >= 4 is 34.5 Å². The Morgan fingerprint density at radius 2 is 2.11 bits per heavy atom. The molecule has 4 nitrogen and oxygen atoms in total. The highest BCUT2D eigenvalue weighted by molar-refractivity contribution is 7.10. The second-order valence-corrected chi connectivity index (χ2v) is 5.68. The van der Waals surface area contributed by atoms with E-state index in [4.69, 9.17) is 11.6 Å². The van der Waals surface area contributed by atoms with Gasteiger partial charge in [-0.15, -0.1) is 21.5 Å². The van der Waals surface area contributed by atoms with E-state index in [2.05, 4.69) is 25.6 Å². The molecule has 3 aromatic rings. The molecular formula is C11H7ClN4S2. The van der Waals surface area contributed by atoms with Crippen molar-refractivity contribution in [3.63, 3.8) is 0 Å². The third kappa shape index (κ3) is 2.55. The van der Waals surface area contributed by atoms with Gasteiger partial charge in [0.05, 0.1) is 0 Å². The van der Waals surface area contributed by atoms with Gasteiger partial charge in [-0.05, 0) is 35.1 Å². The molecule has 3 rings (SSSR count). The summed E-state index contributed by atoms with van der Waals surface area (Å²) in [5.74, 6) is 0.814. The highest BCUT2D eigenvalue weighted by Gasteiger charge is 2.09. The molecule has 0 saturated heterocycles. The monoisotopic (exact) mass is 294 g/mol. The highest BCUT2D eigenvalue weighted by Crippen LogP contribution is 2.21. The zero-order chi connectivity index (χ0) is 12.4. The van der Waals surface area contributed by atoms with E-state index in [1.165, 1.54) is 16.4 Å². The fraction of sp³-hybridized carbons (Fsp3) is 0.0909. The van der Waals surface area contributed by atoms with E-state index in [1.54, 1.807) is 23.5 Å². The van der Waals surface area contributed by atoms with Crippen molar-refractivity contribution in [1.29, 1.82) is 0 Å². The Balaban J connectivity index is 1.83. The molecule has 0 aromatic carbocycles. The first-order valence-corrected chi connectivity index (χ1v) is 7.19.